The average Bonchev–Trinajstić information content (AvgIpc) is 3.12. The highest BCUT2D eigenvalue weighted by molar-refractivity contribution is 8.18. The molecule has 0 radical (unpaired) electrons. The second-order valence-electron chi connectivity index (χ2n) is 7.49. The number of carbonyl (C=O) groups excluding carboxylic acids is 3. The number of amides is 3. The molecule has 1 fully saturated rings. The van der Waals surface area contributed by atoms with Crippen LogP contribution < -0.4 is 0 Å². The number of hydrogen-bond acceptors (Lipinski definition) is 4. The number of imide groups is 1. The molecule has 0 bridgehead atoms. The topological polar surface area (TPSA) is 62.6 Å². The van der Waals surface area contributed by atoms with E-state index in [4.69, 9.17) is 0 Å². The molecular weight excluding hydrogens is 386 g/mol. The molecule has 3 heterocycles. The molecule has 2 aliphatic heterocycles. The van der Waals surface area contributed by atoms with Crippen LogP contribution in [0.5, 0.6) is 0 Å². The summed E-state index contributed by atoms with van der Waals surface area (Å²) in [6.07, 6.45) is 2.53. The Kier molecular flexibility index (Phi) is 5.08. The van der Waals surface area contributed by atoms with E-state index in [-0.39, 0.29) is 12.5 Å². The average molecular weight is 410 g/mol. The third-order valence-electron chi connectivity index (χ3n) is 5.75. The number of benzene rings is 1. The van der Waals surface area contributed by atoms with Gasteiger partial charge in [-0.15, -0.1) is 0 Å². The monoisotopic (exact) mass is 409 g/mol. The lowest BCUT2D eigenvalue weighted by atomic mass is 10.00. The number of fused-ring (bicyclic) bond motifs is 1. The zero-order valence-corrected chi connectivity index (χ0v) is 17.6. The van der Waals surface area contributed by atoms with Gasteiger partial charge < -0.3 is 9.47 Å². The van der Waals surface area contributed by atoms with Gasteiger partial charge in [0.25, 0.3) is 11.1 Å². The van der Waals surface area contributed by atoms with E-state index in [1.807, 2.05) is 49.7 Å². The van der Waals surface area contributed by atoms with Gasteiger partial charge >= 0.3 is 0 Å². The van der Waals surface area contributed by atoms with Crippen molar-refractivity contribution in [3.63, 3.8) is 0 Å². The normalized spacial score (nSPS) is 18.0. The van der Waals surface area contributed by atoms with E-state index in [1.165, 1.54) is 5.56 Å². The summed E-state index contributed by atoms with van der Waals surface area (Å²) in [5, 5.41) is -0.391. The molecule has 29 heavy (non-hydrogen) atoms. The Morgan fingerprint density at radius 1 is 1.17 bits per heavy atom. The summed E-state index contributed by atoms with van der Waals surface area (Å²) < 4.78 is 2.04. The molecule has 150 valence electrons. The van der Waals surface area contributed by atoms with Crippen LogP contribution in [0.2, 0.25) is 0 Å². The van der Waals surface area contributed by atoms with Crippen LogP contribution in [0, 0.1) is 13.8 Å². The van der Waals surface area contributed by atoms with Crippen molar-refractivity contribution in [2.75, 3.05) is 13.1 Å². The van der Waals surface area contributed by atoms with Gasteiger partial charge in [-0.3, -0.25) is 19.3 Å². The van der Waals surface area contributed by atoms with Gasteiger partial charge in [0.15, 0.2) is 0 Å². The van der Waals surface area contributed by atoms with Gasteiger partial charge in [0.05, 0.1) is 4.91 Å². The predicted octanol–water partition coefficient (Wildman–Crippen LogP) is 3.26. The summed E-state index contributed by atoms with van der Waals surface area (Å²) in [4.78, 5) is 41.1. The summed E-state index contributed by atoms with van der Waals surface area (Å²) in [5.41, 5.74) is 5.38. The summed E-state index contributed by atoms with van der Waals surface area (Å²) >= 11 is 0.896. The van der Waals surface area contributed by atoms with Crippen LogP contribution in [0.4, 0.5) is 4.79 Å². The maximum Gasteiger partial charge on any atom is 0.294 e. The molecule has 2 aliphatic rings. The van der Waals surface area contributed by atoms with E-state index < -0.39 is 11.1 Å². The molecule has 4 rings (SSSR count). The summed E-state index contributed by atoms with van der Waals surface area (Å²) in [6, 6.07) is 10.0. The highest BCUT2D eigenvalue weighted by Gasteiger charge is 2.37. The van der Waals surface area contributed by atoms with Crippen molar-refractivity contribution in [1.29, 1.82) is 0 Å². The molecule has 0 aliphatic carbocycles. The Hall–Kier alpha value is -2.80. The highest BCUT2D eigenvalue weighted by atomic mass is 32.2. The van der Waals surface area contributed by atoms with Crippen molar-refractivity contribution < 1.29 is 14.4 Å². The van der Waals surface area contributed by atoms with Gasteiger partial charge in [0.1, 0.15) is 6.54 Å². The Bertz CT molecular complexity index is 1050. The van der Waals surface area contributed by atoms with Crippen LogP contribution in [-0.2, 0) is 29.6 Å². The molecular formula is C22H23N3O3S. The van der Waals surface area contributed by atoms with Crippen LogP contribution in [0.15, 0.2) is 35.2 Å². The van der Waals surface area contributed by atoms with Crippen LogP contribution >= 0.6 is 11.8 Å². The van der Waals surface area contributed by atoms with Crippen molar-refractivity contribution >= 4 is 34.9 Å². The number of carbonyl (C=O) groups is 3. The van der Waals surface area contributed by atoms with Gasteiger partial charge in [0, 0.05) is 31.5 Å². The van der Waals surface area contributed by atoms with Crippen LogP contribution in [0.3, 0.4) is 0 Å². The molecule has 2 aromatic rings. The lowest BCUT2D eigenvalue weighted by Crippen LogP contribution is -2.44. The minimum absolute atomic E-state index is 0.199. The molecule has 0 spiro atoms. The molecule has 0 unspecified atom stereocenters. The zero-order valence-electron chi connectivity index (χ0n) is 16.8. The van der Waals surface area contributed by atoms with Crippen molar-refractivity contribution in [2.24, 2.45) is 7.05 Å². The number of nitrogens with zero attached hydrogens (tertiary/aromatic N) is 3. The van der Waals surface area contributed by atoms with Gasteiger partial charge in [-0.25, -0.2) is 0 Å². The fourth-order valence-corrected chi connectivity index (χ4v) is 4.58. The third-order valence-corrected chi connectivity index (χ3v) is 6.66. The van der Waals surface area contributed by atoms with Crippen molar-refractivity contribution in [2.45, 2.75) is 26.8 Å². The Labute approximate surface area is 174 Å². The number of aryl methyl sites for hydroxylation is 1. The summed E-state index contributed by atoms with van der Waals surface area (Å²) in [5.74, 6) is -0.596. The van der Waals surface area contributed by atoms with E-state index in [0.29, 0.717) is 18.0 Å². The second kappa shape index (κ2) is 7.55. The number of thioether (sulfide) groups is 1. The SMILES string of the molecule is Cc1cc(/C=C2\SC(=O)N(CC(=O)N3CCc4ccccc4C3)C2=O)c(C)n1C. The molecule has 7 heteroatoms. The maximum absolute atomic E-state index is 12.8. The molecule has 1 saturated heterocycles. The Balaban J connectivity index is 1.48. The Morgan fingerprint density at radius 3 is 2.59 bits per heavy atom. The lowest BCUT2D eigenvalue weighted by molar-refractivity contribution is -0.136. The highest BCUT2D eigenvalue weighted by Crippen LogP contribution is 2.33. The molecule has 0 N–H and O–H groups in total. The van der Waals surface area contributed by atoms with Crippen molar-refractivity contribution in [3.05, 3.63) is 63.3 Å². The van der Waals surface area contributed by atoms with E-state index in [0.717, 1.165) is 45.6 Å². The van der Waals surface area contributed by atoms with E-state index in [2.05, 4.69) is 6.07 Å². The van der Waals surface area contributed by atoms with Crippen molar-refractivity contribution in [3.8, 4) is 0 Å². The second-order valence-corrected chi connectivity index (χ2v) is 8.48. The minimum atomic E-state index is -0.397. The van der Waals surface area contributed by atoms with Crippen LogP contribution in [0.25, 0.3) is 6.08 Å². The lowest BCUT2D eigenvalue weighted by Gasteiger charge is -2.29. The van der Waals surface area contributed by atoms with Crippen LogP contribution in [-0.4, -0.2) is 44.5 Å². The maximum atomic E-state index is 12.8. The fourth-order valence-electron chi connectivity index (χ4n) is 3.75. The standard InChI is InChI=1S/C22H23N3O3S/c1-14-10-18(15(2)23(14)3)11-19-21(27)25(22(28)29-19)13-20(26)24-9-8-16-6-4-5-7-17(16)12-24/h4-7,10-11H,8-9,12-13H2,1-3H3/b19-11-. The number of hydrogen-bond donors (Lipinski definition) is 0. The first kappa shape index (κ1) is 19.5. The van der Waals surface area contributed by atoms with Gasteiger partial charge in [-0.05, 0) is 60.9 Å². The van der Waals surface area contributed by atoms with Gasteiger partial charge in [-0.2, -0.15) is 0 Å². The molecule has 0 saturated carbocycles. The number of aromatic nitrogens is 1. The van der Waals surface area contributed by atoms with E-state index in [1.54, 1.807) is 11.0 Å². The molecule has 6 nitrogen and oxygen atoms in total. The summed E-state index contributed by atoms with van der Waals surface area (Å²) in [7, 11) is 1.96. The van der Waals surface area contributed by atoms with Crippen molar-refractivity contribution in [1.82, 2.24) is 14.4 Å². The number of rotatable bonds is 3. The third kappa shape index (κ3) is 3.62. The molecule has 1 aromatic heterocycles. The molecule has 1 aromatic carbocycles. The first-order chi connectivity index (χ1) is 13.8. The fraction of sp³-hybridized carbons (Fsp3) is 0.318. The zero-order chi connectivity index (χ0) is 20.7. The predicted molar refractivity (Wildman–Crippen MR) is 113 cm³/mol. The first-order valence-corrected chi connectivity index (χ1v) is 10.4. The Morgan fingerprint density at radius 2 is 1.90 bits per heavy atom. The van der Waals surface area contributed by atoms with E-state index >= 15 is 0 Å². The summed E-state index contributed by atoms with van der Waals surface area (Å²) in [6.45, 7) is 4.87. The largest absolute Gasteiger partial charge is 0.352 e. The first-order valence-electron chi connectivity index (χ1n) is 9.58. The molecule has 0 atom stereocenters. The quantitative estimate of drug-likeness (QED) is 0.730. The van der Waals surface area contributed by atoms with Gasteiger partial charge in [-0.1, -0.05) is 24.3 Å². The van der Waals surface area contributed by atoms with E-state index in [9.17, 15) is 14.4 Å². The minimum Gasteiger partial charge on any atom is -0.352 e. The van der Waals surface area contributed by atoms with Crippen LogP contribution in [0.1, 0.15) is 28.1 Å². The smallest absolute Gasteiger partial charge is 0.294 e. The van der Waals surface area contributed by atoms with Gasteiger partial charge in [0.2, 0.25) is 5.91 Å². The molecule has 3 amide bonds.